The number of nitrogens with zero attached hydrogens (tertiary/aromatic N) is 2. The first-order valence-electron chi connectivity index (χ1n) is 10.2. The molecule has 0 radical (unpaired) electrons. The first kappa shape index (κ1) is 20.2. The first-order valence-corrected chi connectivity index (χ1v) is 11.7. The average Bonchev–Trinajstić information content (AvgIpc) is 2.73. The lowest BCUT2D eigenvalue weighted by Crippen LogP contribution is -2.50. The zero-order chi connectivity index (χ0) is 20.6. The van der Waals surface area contributed by atoms with Gasteiger partial charge in [-0.25, -0.2) is 8.42 Å². The summed E-state index contributed by atoms with van der Waals surface area (Å²) in [7, 11) is -3.77. The standard InChI is InChI=1S/C20H27N3O5S/c1-14-5-2-3-10-23(14)20(25)15-6-4-9-22(12-15)29(26,27)16-7-8-18-17(11-16)21-19(24)13-28-18/h7-8,11,14-15H,2-6,9-10,12-13H2,1H3,(H,21,24)/t14-,15-/m1/s1. The second kappa shape index (κ2) is 7.95. The molecule has 3 aliphatic rings. The van der Waals surface area contributed by atoms with E-state index in [9.17, 15) is 18.0 Å². The SMILES string of the molecule is C[C@@H]1CCCCN1C(=O)[C@@H]1CCCN(S(=O)(=O)c2ccc3c(c2)NC(=O)CO3)C1. The highest BCUT2D eigenvalue weighted by atomic mass is 32.2. The summed E-state index contributed by atoms with van der Waals surface area (Å²) in [5.41, 5.74) is 0.356. The number of benzene rings is 1. The molecule has 0 aromatic heterocycles. The minimum atomic E-state index is -3.77. The number of carbonyl (C=O) groups is 2. The highest BCUT2D eigenvalue weighted by Gasteiger charge is 2.37. The number of rotatable bonds is 3. The molecule has 1 aromatic carbocycles. The molecule has 3 aliphatic heterocycles. The number of anilines is 1. The van der Waals surface area contributed by atoms with Crippen molar-refractivity contribution in [3.05, 3.63) is 18.2 Å². The van der Waals surface area contributed by atoms with Gasteiger partial charge in [0.25, 0.3) is 5.91 Å². The fourth-order valence-corrected chi connectivity index (χ4v) is 5.94. The maximum atomic E-state index is 13.2. The Balaban J connectivity index is 1.52. The molecule has 2 saturated heterocycles. The monoisotopic (exact) mass is 421 g/mol. The van der Waals surface area contributed by atoms with Crippen molar-refractivity contribution in [2.45, 2.75) is 50.0 Å². The lowest BCUT2D eigenvalue weighted by Gasteiger charge is -2.39. The van der Waals surface area contributed by atoms with Gasteiger partial charge in [-0.3, -0.25) is 9.59 Å². The summed E-state index contributed by atoms with van der Waals surface area (Å²) < 4.78 is 33.1. The summed E-state index contributed by atoms with van der Waals surface area (Å²) in [6.45, 7) is 3.33. The van der Waals surface area contributed by atoms with E-state index in [-0.39, 0.29) is 41.8 Å². The summed E-state index contributed by atoms with van der Waals surface area (Å²) in [5, 5.41) is 2.64. The molecule has 0 aliphatic carbocycles. The summed E-state index contributed by atoms with van der Waals surface area (Å²) in [5.74, 6) is -0.0939. The number of carbonyl (C=O) groups excluding carboxylic acids is 2. The van der Waals surface area contributed by atoms with Crippen molar-refractivity contribution in [3.63, 3.8) is 0 Å². The van der Waals surface area contributed by atoms with Crippen molar-refractivity contribution in [2.75, 3.05) is 31.6 Å². The highest BCUT2D eigenvalue weighted by molar-refractivity contribution is 7.89. The third-order valence-corrected chi connectivity index (χ3v) is 7.90. The number of hydrogen-bond acceptors (Lipinski definition) is 5. The number of sulfonamides is 1. The molecule has 158 valence electrons. The molecular formula is C20H27N3O5S. The molecule has 2 atom stereocenters. The van der Waals surface area contributed by atoms with E-state index in [0.29, 0.717) is 30.8 Å². The van der Waals surface area contributed by atoms with E-state index in [1.54, 1.807) is 6.07 Å². The second-order valence-corrected chi connectivity index (χ2v) is 10.0. The van der Waals surface area contributed by atoms with Crippen LogP contribution in [-0.2, 0) is 19.6 Å². The van der Waals surface area contributed by atoms with Crippen LogP contribution in [0.1, 0.15) is 39.0 Å². The Bertz CT molecular complexity index is 917. The van der Waals surface area contributed by atoms with Crippen molar-refractivity contribution in [2.24, 2.45) is 5.92 Å². The van der Waals surface area contributed by atoms with Crippen LogP contribution in [0.25, 0.3) is 0 Å². The predicted octanol–water partition coefficient (Wildman–Crippen LogP) is 1.82. The molecule has 0 saturated carbocycles. The third-order valence-electron chi connectivity index (χ3n) is 6.04. The van der Waals surface area contributed by atoms with Crippen LogP contribution >= 0.6 is 0 Å². The minimum Gasteiger partial charge on any atom is -0.482 e. The second-order valence-electron chi connectivity index (χ2n) is 8.07. The number of amides is 2. The number of ether oxygens (including phenoxy) is 1. The predicted molar refractivity (Wildman–Crippen MR) is 107 cm³/mol. The van der Waals surface area contributed by atoms with Gasteiger partial charge >= 0.3 is 0 Å². The Labute approximate surface area is 171 Å². The van der Waals surface area contributed by atoms with Crippen LogP contribution in [0.4, 0.5) is 5.69 Å². The lowest BCUT2D eigenvalue weighted by atomic mass is 9.95. The summed E-state index contributed by atoms with van der Waals surface area (Å²) >= 11 is 0. The molecule has 1 aromatic rings. The van der Waals surface area contributed by atoms with Crippen LogP contribution in [0.15, 0.2) is 23.1 Å². The Morgan fingerprint density at radius 2 is 2.00 bits per heavy atom. The molecule has 29 heavy (non-hydrogen) atoms. The van der Waals surface area contributed by atoms with E-state index < -0.39 is 10.0 Å². The van der Waals surface area contributed by atoms with Crippen molar-refractivity contribution < 1.29 is 22.7 Å². The topological polar surface area (TPSA) is 96.0 Å². The Morgan fingerprint density at radius 3 is 2.79 bits per heavy atom. The van der Waals surface area contributed by atoms with E-state index in [1.165, 1.54) is 16.4 Å². The van der Waals surface area contributed by atoms with E-state index in [1.807, 2.05) is 4.90 Å². The van der Waals surface area contributed by atoms with Gasteiger partial charge in [-0.2, -0.15) is 4.31 Å². The Morgan fingerprint density at radius 1 is 1.17 bits per heavy atom. The van der Waals surface area contributed by atoms with Crippen LogP contribution in [0.2, 0.25) is 0 Å². The molecule has 2 amide bonds. The van der Waals surface area contributed by atoms with E-state index in [4.69, 9.17) is 4.74 Å². The van der Waals surface area contributed by atoms with Crippen molar-refractivity contribution in [1.29, 1.82) is 0 Å². The van der Waals surface area contributed by atoms with Crippen molar-refractivity contribution in [1.82, 2.24) is 9.21 Å². The van der Waals surface area contributed by atoms with Gasteiger partial charge in [0, 0.05) is 25.7 Å². The summed E-state index contributed by atoms with van der Waals surface area (Å²) in [6.07, 6.45) is 4.51. The normalized spacial score (nSPS) is 25.7. The molecular weight excluding hydrogens is 394 g/mol. The van der Waals surface area contributed by atoms with Gasteiger partial charge in [-0.1, -0.05) is 0 Å². The van der Waals surface area contributed by atoms with E-state index in [2.05, 4.69) is 12.2 Å². The third kappa shape index (κ3) is 3.98. The molecule has 4 rings (SSSR count). The van der Waals surface area contributed by atoms with Crippen LogP contribution in [-0.4, -0.2) is 61.7 Å². The van der Waals surface area contributed by atoms with Gasteiger partial charge < -0.3 is 15.0 Å². The van der Waals surface area contributed by atoms with Crippen LogP contribution in [0, 0.1) is 5.92 Å². The van der Waals surface area contributed by atoms with Gasteiger partial charge in [-0.05, 0) is 57.2 Å². The fourth-order valence-electron chi connectivity index (χ4n) is 4.39. The zero-order valence-electron chi connectivity index (χ0n) is 16.6. The molecule has 0 bridgehead atoms. The molecule has 9 heteroatoms. The van der Waals surface area contributed by atoms with Gasteiger partial charge in [0.15, 0.2) is 6.61 Å². The van der Waals surface area contributed by atoms with Crippen LogP contribution in [0.3, 0.4) is 0 Å². The van der Waals surface area contributed by atoms with Crippen molar-refractivity contribution in [3.8, 4) is 5.75 Å². The maximum absolute atomic E-state index is 13.2. The van der Waals surface area contributed by atoms with Gasteiger partial charge in [0.05, 0.1) is 16.5 Å². The fraction of sp³-hybridized carbons (Fsp3) is 0.600. The van der Waals surface area contributed by atoms with Crippen LogP contribution in [0.5, 0.6) is 5.75 Å². The molecule has 1 N–H and O–H groups in total. The number of nitrogens with one attached hydrogen (secondary N) is 1. The number of piperidine rings is 2. The summed E-state index contributed by atoms with van der Waals surface area (Å²) in [6, 6.07) is 4.69. The average molecular weight is 422 g/mol. The molecule has 3 heterocycles. The smallest absolute Gasteiger partial charge is 0.262 e. The molecule has 0 unspecified atom stereocenters. The van der Waals surface area contributed by atoms with Crippen LogP contribution < -0.4 is 10.1 Å². The zero-order valence-corrected chi connectivity index (χ0v) is 17.4. The number of fused-ring (bicyclic) bond motifs is 1. The summed E-state index contributed by atoms with van der Waals surface area (Å²) in [4.78, 5) is 26.6. The Hall–Kier alpha value is -2.13. The van der Waals surface area contributed by atoms with Gasteiger partial charge in [-0.15, -0.1) is 0 Å². The highest BCUT2D eigenvalue weighted by Crippen LogP contribution is 2.33. The van der Waals surface area contributed by atoms with Gasteiger partial charge in [0.1, 0.15) is 5.75 Å². The molecule has 2 fully saturated rings. The number of likely N-dealkylation sites (tertiary alicyclic amines) is 1. The number of hydrogen-bond donors (Lipinski definition) is 1. The Kier molecular flexibility index (Phi) is 5.52. The maximum Gasteiger partial charge on any atom is 0.262 e. The minimum absolute atomic E-state index is 0.0724. The quantitative estimate of drug-likeness (QED) is 0.803. The molecule has 0 spiro atoms. The lowest BCUT2D eigenvalue weighted by molar-refractivity contribution is -0.140. The van der Waals surface area contributed by atoms with E-state index >= 15 is 0 Å². The van der Waals surface area contributed by atoms with E-state index in [0.717, 1.165) is 25.8 Å². The van der Waals surface area contributed by atoms with Crippen molar-refractivity contribution >= 4 is 27.5 Å². The largest absolute Gasteiger partial charge is 0.482 e. The van der Waals surface area contributed by atoms with Gasteiger partial charge in [0.2, 0.25) is 15.9 Å². The molecule has 8 nitrogen and oxygen atoms in total. The first-order chi connectivity index (χ1) is 13.9.